The van der Waals surface area contributed by atoms with Crippen LogP contribution in [0.15, 0.2) is 36.7 Å². The SMILES string of the molecule is Cc1cccnc1CN(Cc1ncccc1C)[C@H]1CC[C@H](C(=O)NO)CC1. The summed E-state index contributed by atoms with van der Waals surface area (Å²) < 4.78 is 0. The molecular weight excluding hydrogens is 340 g/mol. The van der Waals surface area contributed by atoms with Crippen LogP contribution in [-0.4, -0.2) is 32.0 Å². The van der Waals surface area contributed by atoms with Gasteiger partial charge in [0.15, 0.2) is 0 Å². The van der Waals surface area contributed by atoms with Crippen molar-refractivity contribution >= 4 is 5.91 Å². The molecule has 1 saturated carbocycles. The maximum Gasteiger partial charge on any atom is 0.246 e. The molecule has 2 N–H and O–H groups in total. The van der Waals surface area contributed by atoms with Gasteiger partial charge in [-0.2, -0.15) is 0 Å². The van der Waals surface area contributed by atoms with Crippen molar-refractivity contribution in [2.24, 2.45) is 5.92 Å². The smallest absolute Gasteiger partial charge is 0.246 e. The first-order valence-electron chi connectivity index (χ1n) is 9.57. The zero-order chi connectivity index (χ0) is 19.2. The van der Waals surface area contributed by atoms with Crippen LogP contribution in [0.25, 0.3) is 0 Å². The molecule has 2 aromatic heterocycles. The summed E-state index contributed by atoms with van der Waals surface area (Å²) in [6.45, 7) is 5.72. The van der Waals surface area contributed by atoms with Gasteiger partial charge in [0.05, 0.1) is 11.4 Å². The molecule has 0 atom stereocenters. The lowest BCUT2D eigenvalue weighted by molar-refractivity contribution is -0.134. The van der Waals surface area contributed by atoms with E-state index in [-0.39, 0.29) is 11.8 Å². The molecule has 0 aromatic carbocycles. The number of aryl methyl sites for hydroxylation is 2. The molecule has 27 heavy (non-hydrogen) atoms. The number of rotatable bonds is 6. The Morgan fingerprint density at radius 3 is 2.00 bits per heavy atom. The molecule has 0 bridgehead atoms. The molecule has 144 valence electrons. The number of hydrogen-bond acceptors (Lipinski definition) is 5. The maximum absolute atomic E-state index is 11.7. The van der Waals surface area contributed by atoms with Crippen molar-refractivity contribution < 1.29 is 10.0 Å². The molecule has 1 amide bonds. The summed E-state index contributed by atoms with van der Waals surface area (Å²) in [5, 5.41) is 8.89. The van der Waals surface area contributed by atoms with Gasteiger partial charge in [-0.15, -0.1) is 0 Å². The van der Waals surface area contributed by atoms with Crippen LogP contribution in [0.3, 0.4) is 0 Å². The number of carbonyl (C=O) groups is 1. The molecule has 0 saturated heterocycles. The molecule has 3 rings (SSSR count). The fourth-order valence-electron chi connectivity index (χ4n) is 3.86. The molecule has 1 fully saturated rings. The van der Waals surface area contributed by atoms with Crippen molar-refractivity contribution in [3.05, 3.63) is 59.2 Å². The van der Waals surface area contributed by atoms with Crippen LogP contribution in [0.5, 0.6) is 0 Å². The monoisotopic (exact) mass is 368 g/mol. The normalized spacial score (nSPS) is 19.9. The number of nitrogens with zero attached hydrogens (tertiary/aromatic N) is 3. The van der Waals surface area contributed by atoms with E-state index in [2.05, 4.69) is 40.8 Å². The average Bonchev–Trinajstić information content (AvgIpc) is 2.70. The Labute approximate surface area is 160 Å². The Morgan fingerprint density at radius 1 is 1.04 bits per heavy atom. The third kappa shape index (κ3) is 4.90. The van der Waals surface area contributed by atoms with Crippen LogP contribution < -0.4 is 5.48 Å². The summed E-state index contributed by atoms with van der Waals surface area (Å²) in [4.78, 5) is 23.3. The van der Waals surface area contributed by atoms with Crippen molar-refractivity contribution in [1.29, 1.82) is 0 Å². The first-order chi connectivity index (χ1) is 13.1. The lowest BCUT2D eigenvalue weighted by Gasteiger charge is -2.36. The molecule has 6 heteroatoms. The van der Waals surface area contributed by atoms with Crippen LogP contribution in [0.2, 0.25) is 0 Å². The third-order valence-electron chi connectivity index (χ3n) is 5.64. The van der Waals surface area contributed by atoms with Gasteiger partial charge in [0.25, 0.3) is 0 Å². The number of hydroxylamine groups is 1. The Kier molecular flexibility index (Phi) is 6.53. The molecule has 0 aliphatic heterocycles. The highest BCUT2D eigenvalue weighted by atomic mass is 16.5. The molecule has 0 radical (unpaired) electrons. The number of hydrogen-bond donors (Lipinski definition) is 2. The number of amides is 1. The van der Waals surface area contributed by atoms with E-state index < -0.39 is 0 Å². The van der Waals surface area contributed by atoms with E-state index in [1.807, 2.05) is 24.5 Å². The van der Waals surface area contributed by atoms with E-state index in [0.29, 0.717) is 6.04 Å². The summed E-state index contributed by atoms with van der Waals surface area (Å²) in [5.41, 5.74) is 6.35. The Morgan fingerprint density at radius 2 is 1.56 bits per heavy atom. The lowest BCUT2D eigenvalue weighted by atomic mass is 9.84. The molecule has 2 heterocycles. The van der Waals surface area contributed by atoms with Gasteiger partial charge in [0.2, 0.25) is 5.91 Å². The van der Waals surface area contributed by atoms with Gasteiger partial charge in [0, 0.05) is 37.4 Å². The maximum atomic E-state index is 11.7. The third-order valence-corrected chi connectivity index (χ3v) is 5.64. The predicted octanol–water partition coefficient (Wildman–Crippen LogP) is 3.16. The van der Waals surface area contributed by atoms with Gasteiger partial charge in [0.1, 0.15) is 0 Å². The van der Waals surface area contributed by atoms with Crippen LogP contribution in [0.1, 0.15) is 48.2 Å². The van der Waals surface area contributed by atoms with Crippen LogP contribution in [0.4, 0.5) is 0 Å². The number of nitrogens with one attached hydrogen (secondary N) is 1. The summed E-state index contributed by atoms with van der Waals surface area (Å²) in [6, 6.07) is 8.48. The van der Waals surface area contributed by atoms with Crippen molar-refractivity contribution in [1.82, 2.24) is 20.3 Å². The predicted molar refractivity (Wildman–Crippen MR) is 103 cm³/mol. The largest absolute Gasteiger partial charge is 0.289 e. The minimum absolute atomic E-state index is 0.0960. The second kappa shape index (κ2) is 9.06. The fourth-order valence-corrected chi connectivity index (χ4v) is 3.86. The molecule has 1 aliphatic carbocycles. The van der Waals surface area contributed by atoms with Gasteiger partial charge in [-0.1, -0.05) is 12.1 Å². The molecule has 0 spiro atoms. The van der Waals surface area contributed by atoms with Crippen LogP contribution in [0, 0.1) is 19.8 Å². The number of pyridine rings is 2. The van der Waals surface area contributed by atoms with E-state index >= 15 is 0 Å². The van der Waals surface area contributed by atoms with E-state index in [4.69, 9.17) is 5.21 Å². The minimum Gasteiger partial charge on any atom is -0.289 e. The highest BCUT2D eigenvalue weighted by Crippen LogP contribution is 2.30. The zero-order valence-corrected chi connectivity index (χ0v) is 16.1. The van der Waals surface area contributed by atoms with Gasteiger partial charge >= 0.3 is 0 Å². The zero-order valence-electron chi connectivity index (χ0n) is 16.1. The van der Waals surface area contributed by atoms with Crippen molar-refractivity contribution in [3.8, 4) is 0 Å². The Balaban J connectivity index is 1.77. The van der Waals surface area contributed by atoms with Gasteiger partial charge < -0.3 is 0 Å². The lowest BCUT2D eigenvalue weighted by Crippen LogP contribution is -2.40. The van der Waals surface area contributed by atoms with Crippen molar-refractivity contribution in [2.75, 3.05) is 0 Å². The minimum atomic E-state index is -0.263. The standard InChI is InChI=1S/C21H28N4O2/c1-15-5-3-11-22-19(15)13-25(14-20-16(2)6-4-12-23-20)18-9-7-17(8-10-18)21(26)24-27/h3-6,11-12,17-18,27H,7-10,13-14H2,1-2H3,(H,24,26)/t17-,18-. The van der Waals surface area contributed by atoms with Gasteiger partial charge in [-0.3, -0.25) is 24.9 Å². The second-order valence-corrected chi connectivity index (χ2v) is 7.42. The van der Waals surface area contributed by atoms with Crippen molar-refractivity contribution in [2.45, 2.75) is 58.7 Å². The Hall–Kier alpha value is -2.31. The summed E-state index contributed by atoms with van der Waals surface area (Å²) in [6.07, 6.45) is 7.11. The van der Waals surface area contributed by atoms with E-state index in [1.54, 1.807) is 5.48 Å². The van der Waals surface area contributed by atoms with Gasteiger partial charge in [-0.05, 0) is 62.8 Å². The summed E-state index contributed by atoms with van der Waals surface area (Å²) in [7, 11) is 0. The molecule has 0 unspecified atom stereocenters. The second-order valence-electron chi connectivity index (χ2n) is 7.42. The highest BCUT2D eigenvalue weighted by Gasteiger charge is 2.30. The Bertz CT molecular complexity index is 725. The van der Waals surface area contributed by atoms with Crippen LogP contribution in [-0.2, 0) is 17.9 Å². The quantitative estimate of drug-likeness (QED) is 0.605. The first kappa shape index (κ1) is 19.5. The molecule has 2 aromatic rings. The van der Waals surface area contributed by atoms with E-state index in [1.165, 1.54) is 11.1 Å². The van der Waals surface area contributed by atoms with E-state index in [9.17, 15) is 4.79 Å². The highest BCUT2D eigenvalue weighted by molar-refractivity contribution is 5.77. The fraction of sp³-hybridized carbons (Fsp3) is 0.476. The van der Waals surface area contributed by atoms with Crippen molar-refractivity contribution in [3.63, 3.8) is 0 Å². The first-order valence-corrected chi connectivity index (χ1v) is 9.57. The summed E-state index contributed by atoms with van der Waals surface area (Å²) >= 11 is 0. The number of aromatic nitrogens is 2. The molecule has 1 aliphatic rings. The van der Waals surface area contributed by atoms with Gasteiger partial charge in [-0.25, -0.2) is 5.48 Å². The van der Waals surface area contributed by atoms with Crippen LogP contribution >= 0.6 is 0 Å². The average molecular weight is 368 g/mol. The molecule has 6 nitrogen and oxygen atoms in total. The van der Waals surface area contributed by atoms with E-state index in [0.717, 1.165) is 50.2 Å². The number of carbonyl (C=O) groups excluding carboxylic acids is 1. The summed E-state index contributed by atoms with van der Waals surface area (Å²) in [5.74, 6) is -0.359. The topological polar surface area (TPSA) is 78.4 Å². The molecular formula is C21H28N4O2.